The van der Waals surface area contributed by atoms with Crippen molar-refractivity contribution in [3.05, 3.63) is 23.9 Å². The minimum Gasteiger partial charge on any atom is -0.379 e. The molecule has 8 nitrogen and oxygen atoms in total. The van der Waals surface area contributed by atoms with Gasteiger partial charge in [0.2, 0.25) is 10.0 Å². The van der Waals surface area contributed by atoms with Crippen LogP contribution in [-0.2, 0) is 14.8 Å². The third-order valence-corrected chi connectivity index (χ3v) is 5.93. The van der Waals surface area contributed by atoms with Crippen LogP contribution in [0.4, 0.5) is 5.82 Å². The van der Waals surface area contributed by atoms with Crippen molar-refractivity contribution in [1.29, 1.82) is 0 Å². The molecule has 24 heavy (non-hydrogen) atoms. The highest BCUT2D eigenvalue weighted by molar-refractivity contribution is 7.89. The standard InChI is InChI=1S/C15H24N4O4S/c1-18(2)14-6-5-11(7-16-14)15(20)17-13-9-23-8-12(13)10-24(21,22)19(3)4/h5-7,12-13H,8-10H2,1-4H3,(H,17,20)/t12-,13-/m0/s1. The van der Waals surface area contributed by atoms with Crippen LogP contribution in [0.25, 0.3) is 0 Å². The van der Waals surface area contributed by atoms with Gasteiger partial charge in [0, 0.05) is 40.3 Å². The number of rotatable bonds is 6. The molecule has 0 spiro atoms. The number of nitrogens with one attached hydrogen (secondary N) is 1. The van der Waals surface area contributed by atoms with Gasteiger partial charge in [0.1, 0.15) is 5.82 Å². The Morgan fingerprint density at radius 3 is 2.54 bits per heavy atom. The number of pyridine rings is 1. The van der Waals surface area contributed by atoms with Gasteiger partial charge in [-0.05, 0) is 12.1 Å². The van der Waals surface area contributed by atoms with Gasteiger partial charge >= 0.3 is 0 Å². The average Bonchev–Trinajstić information content (AvgIpc) is 2.93. The minimum atomic E-state index is -3.35. The van der Waals surface area contributed by atoms with E-state index in [0.717, 1.165) is 5.82 Å². The number of carbonyl (C=O) groups excluding carboxylic acids is 1. The molecule has 2 atom stereocenters. The summed E-state index contributed by atoms with van der Waals surface area (Å²) < 4.78 is 30.6. The monoisotopic (exact) mass is 356 g/mol. The zero-order chi connectivity index (χ0) is 17.9. The second-order valence-electron chi connectivity index (χ2n) is 6.24. The van der Waals surface area contributed by atoms with Crippen LogP contribution in [0.3, 0.4) is 0 Å². The summed E-state index contributed by atoms with van der Waals surface area (Å²) in [5, 5.41) is 2.85. The molecule has 1 saturated heterocycles. The van der Waals surface area contributed by atoms with Crippen LogP contribution in [0.1, 0.15) is 10.4 Å². The number of hydrogen-bond donors (Lipinski definition) is 1. The lowest BCUT2D eigenvalue weighted by Crippen LogP contribution is -2.43. The predicted molar refractivity (Wildman–Crippen MR) is 91.6 cm³/mol. The SMILES string of the molecule is CN(C)c1ccc(C(=O)N[C@H]2COC[C@H]2CS(=O)(=O)N(C)C)cn1. The maximum atomic E-state index is 12.3. The lowest BCUT2D eigenvalue weighted by atomic mass is 10.1. The molecule has 1 aliphatic heterocycles. The summed E-state index contributed by atoms with van der Waals surface area (Å²) in [4.78, 5) is 18.4. The fourth-order valence-corrected chi connectivity index (χ4v) is 3.55. The smallest absolute Gasteiger partial charge is 0.253 e. The van der Waals surface area contributed by atoms with Gasteiger partial charge in [-0.1, -0.05) is 0 Å². The van der Waals surface area contributed by atoms with Crippen LogP contribution in [0.15, 0.2) is 18.3 Å². The molecule has 0 saturated carbocycles. The van der Waals surface area contributed by atoms with Gasteiger partial charge in [-0.15, -0.1) is 0 Å². The van der Waals surface area contributed by atoms with Gasteiger partial charge in [0.15, 0.2) is 0 Å². The Morgan fingerprint density at radius 2 is 2.00 bits per heavy atom. The van der Waals surface area contributed by atoms with Gasteiger partial charge in [-0.3, -0.25) is 4.79 Å². The Morgan fingerprint density at radius 1 is 1.29 bits per heavy atom. The third kappa shape index (κ3) is 4.43. The molecule has 1 amide bonds. The molecule has 0 bridgehead atoms. The van der Waals surface area contributed by atoms with Crippen LogP contribution in [0.5, 0.6) is 0 Å². The fraction of sp³-hybridized carbons (Fsp3) is 0.600. The normalized spacial score (nSPS) is 21.0. The highest BCUT2D eigenvalue weighted by Crippen LogP contribution is 2.18. The predicted octanol–water partition coefficient (Wildman–Crippen LogP) is -0.216. The topological polar surface area (TPSA) is 91.8 Å². The van der Waals surface area contributed by atoms with E-state index < -0.39 is 10.0 Å². The molecule has 1 N–H and O–H groups in total. The van der Waals surface area contributed by atoms with Crippen molar-refractivity contribution in [2.75, 3.05) is 52.1 Å². The number of carbonyl (C=O) groups is 1. The molecule has 0 aromatic carbocycles. The Hall–Kier alpha value is -1.71. The van der Waals surface area contributed by atoms with Crippen molar-refractivity contribution in [1.82, 2.24) is 14.6 Å². The van der Waals surface area contributed by atoms with Gasteiger partial charge in [0.05, 0.1) is 30.6 Å². The molecule has 9 heteroatoms. The summed E-state index contributed by atoms with van der Waals surface area (Å²) >= 11 is 0. The molecular formula is C15H24N4O4S. The molecule has 2 rings (SSSR count). The van der Waals surface area contributed by atoms with Crippen molar-refractivity contribution >= 4 is 21.7 Å². The lowest BCUT2D eigenvalue weighted by molar-refractivity contribution is 0.0925. The quantitative estimate of drug-likeness (QED) is 0.758. The van der Waals surface area contributed by atoms with E-state index in [1.54, 1.807) is 12.1 Å². The average molecular weight is 356 g/mol. The molecule has 2 heterocycles. The lowest BCUT2D eigenvalue weighted by Gasteiger charge is -2.21. The van der Waals surface area contributed by atoms with Gasteiger partial charge in [-0.2, -0.15) is 0 Å². The highest BCUT2D eigenvalue weighted by atomic mass is 32.2. The van der Waals surface area contributed by atoms with E-state index in [9.17, 15) is 13.2 Å². The summed E-state index contributed by atoms with van der Waals surface area (Å²) in [6, 6.07) is 3.12. The number of nitrogens with zero attached hydrogens (tertiary/aromatic N) is 3. The number of aromatic nitrogens is 1. The maximum Gasteiger partial charge on any atom is 0.253 e. The molecule has 0 unspecified atom stereocenters. The summed E-state index contributed by atoms with van der Waals surface area (Å²) in [6.07, 6.45) is 1.51. The van der Waals surface area contributed by atoms with Crippen LogP contribution < -0.4 is 10.2 Å². The third-order valence-electron chi connectivity index (χ3n) is 3.96. The first-order valence-electron chi connectivity index (χ1n) is 7.63. The van der Waals surface area contributed by atoms with Crippen molar-refractivity contribution in [3.8, 4) is 0 Å². The molecule has 1 aromatic rings. The highest BCUT2D eigenvalue weighted by Gasteiger charge is 2.34. The van der Waals surface area contributed by atoms with E-state index in [2.05, 4.69) is 10.3 Å². The largest absolute Gasteiger partial charge is 0.379 e. The minimum absolute atomic E-state index is 0.0528. The number of ether oxygens (including phenoxy) is 1. The van der Waals surface area contributed by atoms with Gasteiger partial charge in [0.25, 0.3) is 5.91 Å². The van der Waals surface area contributed by atoms with Gasteiger partial charge in [-0.25, -0.2) is 17.7 Å². The number of amides is 1. The van der Waals surface area contributed by atoms with Crippen LogP contribution in [0, 0.1) is 5.92 Å². The molecule has 134 valence electrons. The first kappa shape index (κ1) is 18.6. The first-order valence-corrected chi connectivity index (χ1v) is 9.24. The first-order chi connectivity index (χ1) is 11.2. The van der Waals surface area contributed by atoms with E-state index in [0.29, 0.717) is 18.8 Å². The van der Waals surface area contributed by atoms with Gasteiger partial charge < -0.3 is 15.0 Å². The van der Waals surface area contributed by atoms with E-state index >= 15 is 0 Å². The summed E-state index contributed by atoms with van der Waals surface area (Å²) in [7, 11) is 3.39. The van der Waals surface area contributed by atoms with Crippen LogP contribution in [-0.4, -0.2) is 76.8 Å². The van der Waals surface area contributed by atoms with Crippen molar-refractivity contribution in [3.63, 3.8) is 0 Å². The van der Waals surface area contributed by atoms with E-state index in [4.69, 9.17) is 4.74 Å². The number of hydrogen-bond acceptors (Lipinski definition) is 6. The Bertz CT molecular complexity index is 673. The molecule has 0 aliphatic carbocycles. The van der Waals surface area contributed by atoms with E-state index in [1.165, 1.54) is 24.6 Å². The zero-order valence-corrected chi connectivity index (χ0v) is 15.2. The molecule has 1 aromatic heterocycles. The molecular weight excluding hydrogens is 332 g/mol. The van der Waals surface area contributed by atoms with Crippen molar-refractivity contribution < 1.29 is 17.9 Å². The summed E-state index contributed by atoms with van der Waals surface area (Å²) in [5.74, 6) is 0.152. The Balaban J connectivity index is 2.02. The van der Waals surface area contributed by atoms with E-state index in [-0.39, 0.29) is 23.6 Å². The molecule has 0 radical (unpaired) electrons. The Kier molecular flexibility index (Phi) is 5.79. The summed E-state index contributed by atoms with van der Waals surface area (Å²) in [5.41, 5.74) is 0.432. The summed E-state index contributed by atoms with van der Waals surface area (Å²) in [6.45, 7) is 0.623. The molecule has 1 aliphatic rings. The van der Waals surface area contributed by atoms with Crippen molar-refractivity contribution in [2.24, 2.45) is 5.92 Å². The zero-order valence-electron chi connectivity index (χ0n) is 14.4. The van der Waals surface area contributed by atoms with Crippen LogP contribution in [0.2, 0.25) is 0 Å². The fourth-order valence-electron chi connectivity index (χ4n) is 2.38. The maximum absolute atomic E-state index is 12.3. The van der Waals surface area contributed by atoms with Crippen molar-refractivity contribution in [2.45, 2.75) is 6.04 Å². The number of sulfonamides is 1. The Labute approximate surface area is 142 Å². The van der Waals surface area contributed by atoms with Crippen LogP contribution >= 0.6 is 0 Å². The second-order valence-corrected chi connectivity index (χ2v) is 8.47. The van der Waals surface area contributed by atoms with E-state index in [1.807, 2.05) is 19.0 Å². The second kappa shape index (κ2) is 7.45. The molecule has 1 fully saturated rings. The number of anilines is 1.